The Balaban J connectivity index is 1.82. The summed E-state index contributed by atoms with van der Waals surface area (Å²) in [6, 6.07) is 3.37. The summed E-state index contributed by atoms with van der Waals surface area (Å²) in [7, 11) is 0. The maximum atomic E-state index is 11.8. The maximum absolute atomic E-state index is 11.8. The third-order valence-electron chi connectivity index (χ3n) is 2.46. The molecule has 20 heavy (non-hydrogen) atoms. The molecule has 1 amide bonds. The molecule has 0 saturated heterocycles. The van der Waals surface area contributed by atoms with Crippen LogP contribution < -0.4 is 5.32 Å². The second kappa shape index (κ2) is 5.35. The van der Waals surface area contributed by atoms with Crippen molar-refractivity contribution in [3.05, 3.63) is 34.8 Å². The summed E-state index contributed by atoms with van der Waals surface area (Å²) in [6.07, 6.45) is 2.83. The van der Waals surface area contributed by atoms with Gasteiger partial charge in [-0.3, -0.25) is 4.79 Å². The number of fused-ring (bicyclic) bond motifs is 1. The number of rotatable bonds is 3. The highest BCUT2D eigenvalue weighted by Gasteiger charge is 2.12. The third-order valence-corrected chi connectivity index (χ3v) is 4.20. The number of halogens is 2. The molecular weight excluding hydrogens is 321 g/mol. The first kappa shape index (κ1) is 13.3. The van der Waals surface area contributed by atoms with Crippen LogP contribution in [0.2, 0.25) is 10.0 Å². The molecular formula is C11H7Cl2N5OS. The Morgan fingerprint density at radius 2 is 2.15 bits per heavy atom. The Labute approximate surface area is 127 Å². The third kappa shape index (κ3) is 2.60. The van der Waals surface area contributed by atoms with Gasteiger partial charge in [0, 0.05) is 0 Å². The van der Waals surface area contributed by atoms with E-state index in [0.717, 1.165) is 4.70 Å². The van der Waals surface area contributed by atoms with E-state index >= 15 is 0 Å². The summed E-state index contributed by atoms with van der Waals surface area (Å²) in [5, 5.41) is 8.04. The lowest BCUT2D eigenvalue weighted by Gasteiger charge is -2.00. The minimum Gasteiger partial charge on any atom is -0.300 e. The van der Waals surface area contributed by atoms with E-state index in [0.29, 0.717) is 20.7 Å². The molecule has 1 aromatic carbocycles. The molecule has 0 atom stereocenters. The summed E-state index contributed by atoms with van der Waals surface area (Å²) in [5.74, 6) is -0.248. The number of nitrogens with one attached hydrogen (secondary N) is 1. The lowest BCUT2D eigenvalue weighted by Crippen LogP contribution is -2.18. The van der Waals surface area contributed by atoms with Gasteiger partial charge < -0.3 is 5.32 Å². The molecule has 0 fully saturated rings. The van der Waals surface area contributed by atoms with Gasteiger partial charge in [-0.15, -0.1) is 0 Å². The second-order valence-electron chi connectivity index (χ2n) is 3.87. The molecule has 0 saturated carbocycles. The summed E-state index contributed by atoms with van der Waals surface area (Å²) in [6.45, 7) is 0.0669. The van der Waals surface area contributed by atoms with Crippen LogP contribution in [0.1, 0.15) is 0 Å². The molecule has 9 heteroatoms. The van der Waals surface area contributed by atoms with Crippen molar-refractivity contribution in [2.75, 3.05) is 5.32 Å². The number of hydrogen-bond donors (Lipinski definition) is 1. The molecule has 1 N–H and O–H groups in total. The van der Waals surface area contributed by atoms with Crippen molar-refractivity contribution < 1.29 is 4.79 Å². The fourth-order valence-corrected chi connectivity index (χ4v) is 3.06. The zero-order chi connectivity index (χ0) is 14.1. The average molecular weight is 328 g/mol. The highest BCUT2D eigenvalue weighted by molar-refractivity contribution is 7.23. The second-order valence-corrected chi connectivity index (χ2v) is 5.68. The van der Waals surface area contributed by atoms with Crippen LogP contribution in [0.15, 0.2) is 24.8 Å². The zero-order valence-corrected chi connectivity index (χ0v) is 12.2. The number of carbonyl (C=O) groups is 1. The van der Waals surface area contributed by atoms with Crippen molar-refractivity contribution in [3.63, 3.8) is 0 Å². The first-order valence-electron chi connectivity index (χ1n) is 5.50. The SMILES string of the molecule is O=C(Cn1cncn1)Nc1nc2c(Cl)ccc(Cl)c2s1. The van der Waals surface area contributed by atoms with E-state index in [1.165, 1.54) is 28.7 Å². The Kier molecular flexibility index (Phi) is 3.56. The predicted molar refractivity (Wildman–Crippen MR) is 78.3 cm³/mol. The first-order valence-corrected chi connectivity index (χ1v) is 7.07. The fourth-order valence-electron chi connectivity index (χ4n) is 1.62. The van der Waals surface area contributed by atoms with Crippen molar-refractivity contribution >= 4 is 55.8 Å². The highest BCUT2D eigenvalue weighted by Crippen LogP contribution is 2.35. The zero-order valence-electron chi connectivity index (χ0n) is 9.88. The van der Waals surface area contributed by atoms with Crippen LogP contribution in [0.5, 0.6) is 0 Å². The van der Waals surface area contributed by atoms with Gasteiger partial charge in [0.05, 0.1) is 14.7 Å². The van der Waals surface area contributed by atoms with E-state index in [1.54, 1.807) is 12.1 Å². The van der Waals surface area contributed by atoms with Gasteiger partial charge in [-0.25, -0.2) is 14.6 Å². The Hall–Kier alpha value is -1.70. The molecule has 3 aromatic rings. The van der Waals surface area contributed by atoms with Gasteiger partial charge in [0.1, 0.15) is 24.7 Å². The summed E-state index contributed by atoms with van der Waals surface area (Å²) >= 11 is 13.4. The van der Waals surface area contributed by atoms with Crippen LogP contribution in [0.4, 0.5) is 5.13 Å². The van der Waals surface area contributed by atoms with Gasteiger partial charge in [0.15, 0.2) is 5.13 Å². The minimum absolute atomic E-state index is 0.0669. The van der Waals surface area contributed by atoms with Crippen molar-refractivity contribution in [1.82, 2.24) is 19.7 Å². The lowest BCUT2D eigenvalue weighted by molar-refractivity contribution is -0.116. The Morgan fingerprint density at radius 1 is 1.35 bits per heavy atom. The van der Waals surface area contributed by atoms with E-state index in [1.807, 2.05) is 0 Å². The van der Waals surface area contributed by atoms with Crippen LogP contribution in [-0.2, 0) is 11.3 Å². The van der Waals surface area contributed by atoms with Gasteiger partial charge in [0.2, 0.25) is 5.91 Å². The largest absolute Gasteiger partial charge is 0.300 e. The smallest absolute Gasteiger partial charge is 0.247 e. The quantitative estimate of drug-likeness (QED) is 0.802. The standard InChI is InChI=1S/C11H7Cl2N5OS/c12-6-1-2-7(13)10-9(6)17-11(20-10)16-8(19)3-18-5-14-4-15-18/h1-2,4-5H,3H2,(H,16,17,19). The molecule has 0 spiro atoms. The molecule has 0 aliphatic rings. The van der Waals surface area contributed by atoms with E-state index < -0.39 is 0 Å². The van der Waals surface area contributed by atoms with Crippen LogP contribution in [0, 0.1) is 0 Å². The average Bonchev–Trinajstić information content (AvgIpc) is 3.03. The van der Waals surface area contributed by atoms with E-state index in [4.69, 9.17) is 23.2 Å². The monoisotopic (exact) mass is 327 g/mol. The molecule has 6 nitrogen and oxygen atoms in total. The van der Waals surface area contributed by atoms with Crippen LogP contribution >= 0.6 is 34.5 Å². The highest BCUT2D eigenvalue weighted by atomic mass is 35.5. The number of anilines is 1. The van der Waals surface area contributed by atoms with Crippen LogP contribution in [-0.4, -0.2) is 25.7 Å². The Bertz CT molecular complexity index is 732. The van der Waals surface area contributed by atoms with Gasteiger partial charge in [-0.2, -0.15) is 5.10 Å². The molecule has 3 rings (SSSR count). The number of amides is 1. The summed E-state index contributed by atoms with van der Waals surface area (Å²) < 4.78 is 2.16. The number of nitrogens with zero attached hydrogens (tertiary/aromatic N) is 4. The first-order chi connectivity index (χ1) is 9.63. The van der Waals surface area contributed by atoms with Crippen LogP contribution in [0.3, 0.4) is 0 Å². The Morgan fingerprint density at radius 3 is 2.85 bits per heavy atom. The van der Waals surface area contributed by atoms with E-state index in [-0.39, 0.29) is 12.5 Å². The summed E-state index contributed by atoms with van der Waals surface area (Å²) in [5.41, 5.74) is 0.584. The van der Waals surface area contributed by atoms with E-state index in [2.05, 4.69) is 20.4 Å². The molecule has 0 aliphatic heterocycles. The fraction of sp³-hybridized carbons (Fsp3) is 0.0909. The van der Waals surface area contributed by atoms with Crippen LogP contribution in [0.25, 0.3) is 10.2 Å². The molecule has 2 heterocycles. The van der Waals surface area contributed by atoms with Crippen molar-refractivity contribution in [2.45, 2.75) is 6.54 Å². The molecule has 0 bridgehead atoms. The number of benzene rings is 1. The number of aromatic nitrogens is 4. The minimum atomic E-state index is -0.248. The molecule has 0 aliphatic carbocycles. The molecule has 0 unspecified atom stereocenters. The lowest BCUT2D eigenvalue weighted by atomic mass is 10.3. The van der Waals surface area contributed by atoms with Crippen molar-refractivity contribution in [2.24, 2.45) is 0 Å². The topological polar surface area (TPSA) is 72.7 Å². The van der Waals surface area contributed by atoms with Gasteiger partial charge in [0.25, 0.3) is 0 Å². The van der Waals surface area contributed by atoms with Gasteiger partial charge in [-0.1, -0.05) is 34.5 Å². The maximum Gasteiger partial charge on any atom is 0.247 e. The van der Waals surface area contributed by atoms with Crippen molar-refractivity contribution in [3.8, 4) is 0 Å². The number of carbonyl (C=O) groups excluding carboxylic acids is 1. The molecule has 102 valence electrons. The normalized spacial score (nSPS) is 10.9. The molecule has 2 aromatic heterocycles. The number of hydrogen-bond acceptors (Lipinski definition) is 5. The van der Waals surface area contributed by atoms with E-state index in [9.17, 15) is 4.79 Å². The molecule has 0 radical (unpaired) electrons. The van der Waals surface area contributed by atoms with Gasteiger partial charge >= 0.3 is 0 Å². The summed E-state index contributed by atoms with van der Waals surface area (Å²) in [4.78, 5) is 19.9. The number of thiazole rings is 1. The predicted octanol–water partition coefficient (Wildman–Crippen LogP) is 2.83. The van der Waals surface area contributed by atoms with Crippen molar-refractivity contribution in [1.29, 1.82) is 0 Å². The van der Waals surface area contributed by atoms with Gasteiger partial charge in [-0.05, 0) is 12.1 Å².